The predicted molar refractivity (Wildman–Crippen MR) is 179 cm³/mol. The molecule has 1 fully saturated rings. The van der Waals surface area contributed by atoms with Gasteiger partial charge in [0.2, 0.25) is 0 Å². The molecule has 3 N–H and O–H groups in total. The lowest BCUT2D eigenvalue weighted by molar-refractivity contribution is 0.0563. The van der Waals surface area contributed by atoms with Gasteiger partial charge in [0.25, 0.3) is 0 Å². The fourth-order valence-corrected chi connectivity index (χ4v) is 5.87. The summed E-state index contributed by atoms with van der Waals surface area (Å²) in [6.07, 6.45) is -0.0583. The molecule has 48 heavy (non-hydrogen) atoms. The Bertz CT molecular complexity index is 1730. The van der Waals surface area contributed by atoms with Crippen molar-refractivity contribution in [3.05, 3.63) is 47.4 Å². The zero-order valence-electron chi connectivity index (χ0n) is 28.4. The maximum absolute atomic E-state index is 16.7. The van der Waals surface area contributed by atoms with Crippen molar-refractivity contribution in [3.63, 3.8) is 0 Å². The molecule has 2 unspecified atom stereocenters. The number of ether oxygens (including phenoxy) is 4. The lowest BCUT2D eigenvalue weighted by atomic mass is 9.87. The van der Waals surface area contributed by atoms with Crippen LogP contribution in [0.5, 0.6) is 0 Å². The Morgan fingerprint density at radius 1 is 1.04 bits per heavy atom. The summed E-state index contributed by atoms with van der Waals surface area (Å²) in [7, 11) is 0. The van der Waals surface area contributed by atoms with Gasteiger partial charge in [-0.05, 0) is 89.1 Å². The first-order valence-electron chi connectivity index (χ1n) is 15.9. The molecule has 0 spiro atoms. The van der Waals surface area contributed by atoms with E-state index in [0.717, 1.165) is 5.56 Å². The largest absolute Gasteiger partial charge is 0.444 e. The molecule has 3 amide bonds. The topological polar surface area (TPSA) is 149 Å². The third kappa shape index (κ3) is 7.96. The van der Waals surface area contributed by atoms with Gasteiger partial charge in [0.15, 0.2) is 5.82 Å². The smallest absolute Gasteiger partial charge is 0.414 e. The van der Waals surface area contributed by atoms with Crippen LogP contribution in [0.25, 0.3) is 21.9 Å². The van der Waals surface area contributed by atoms with Crippen molar-refractivity contribution in [2.75, 3.05) is 41.9 Å². The van der Waals surface area contributed by atoms with Crippen molar-refractivity contribution in [3.8, 4) is 11.1 Å². The van der Waals surface area contributed by atoms with Crippen LogP contribution >= 0.6 is 0 Å². The van der Waals surface area contributed by atoms with Gasteiger partial charge in [-0.2, -0.15) is 0 Å². The van der Waals surface area contributed by atoms with Crippen molar-refractivity contribution in [2.45, 2.75) is 78.6 Å². The normalized spacial score (nSPS) is 17.9. The molecule has 12 nitrogen and oxygen atoms in total. The first-order valence-corrected chi connectivity index (χ1v) is 15.9. The van der Waals surface area contributed by atoms with Crippen molar-refractivity contribution in [1.82, 2.24) is 4.98 Å². The molecule has 2 aliphatic rings. The van der Waals surface area contributed by atoms with Crippen LogP contribution in [0.4, 0.5) is 36.0 Å². The summed E-state index contributed by atoms with van der Waals surface area (Å²) in [5, 5.41) is 15.9. The molecular weight excluding hydrogens is 623 g/mol. The van der Waals surface area contributed by atoms with Crippen molar-refractivity contribution < 1.29 is 42.8 Å². The molecule has 3 heterocycles. The number of carbonyl (C=O) groups is 3. The number of rotatable bonds is 5. The number of amides is 3. The van der Waals surface area contributed by atoms with Gasteiger partial charge in [-0.1, -0.05) is 12.1 Å². The number of nitrogens with zero attached hydrogens (tertiary/aromatic N) is 2. The summed E-state index contributed by atoms with van der Waals surface area (Å²) in [5.41, 5.74) is 0.799. The van der Waals surface area contributed by atoms with Crippen LogP contribution in [0.15, 0.2) is 30.5 Å². The van der Waals surface area contributed by atoms with Gasteiger partial charge < -0.3 is 24.1 Å². The molecule has 2 aliphatic heterocycles. The summed E-state index contributed by atoms with van der Waals surface area (Å²) in [6, 6.07) is 6.71. The molecule has 0 bridgehead atoms. The second-order valence-corrected chi connectivity index (χ2v) is 14.1. The Morgan fingerprint density at radius 2 is 1.77 bits per heavy atom. The van der Waals surface area contributed by atoms with Gasteiger partial charge in [-0.15, -0.1) is 0 Å². The van der Waals surface area contributed by atoms with E-state index in [-0.39, 0.29) is 47.6 Å². The number of hydrogen-bond donors (Lipinski definition) is 3. The number of anilines is 3. The Morgan fingerprint density at radius 3 is 2.42 bits per heavy atom. The van der Waals surface area contributed by atoms with Gasteiger partial charge >= 0.3 is 18.3 Å². The third-order valence-corrected chi connectivity index (χ3v) is 7.87. The fraction of sp³-hybridized carbons (Fsp3) is 0.486. The second kappa shape index (κ2) is 13.6. The zero-order chi connectivity index (χ0) is 35.0. The van der Waals surface area contributed by atoms with E-state index in [0.29, 0.717) is 48.3 Å². The minimum atomic E-state index is -0.863. The predicted octanol–water partition coefficient (Wildman–Crippen LogP) is 6.94. The lowest BCUT2D eigenvalue weighted by Gasteiger charge is -2.36. The van der Waals surface area contributed by atoms with Crippen LogP contribution < -0.4 is 15.5 Å². The number of aromatic nitrogens is 1. The molecule has 2 aromatic carbocycles. The number of benzene rings is 2. The molecule has 258 valence electrons. The van der Waals surface area contributed by atoms with Crippen LogP contribution in [0, 0.1) is 18.7 Å². The average molecular weight is 667 g/mol. The fourth-order valence-electron chi connectivity index (χ4n) is 5.87. The Labute approximate surface area is 278 Å². The summed E-state index contributed by atoms with van der Waals surface area (Å²) >= 11 is 0. The minimum Gasteiger partial charge on any atom is -0.444 e. The Hall–Kier alpha value is -4.49. The van der Waals surface area contributed by atoms with Crippen molar-refractivity contribution >= 4 is 46.2 Å². The number of nitrogens with one attached hydrogen (secondary N) is 2. The highest BCUT2D eigenvalue weighted by molar-refractivity contribution is 6.05. The lowest BCUT2D eigenvalue weighted by Crippen LogP contribution is -2.44. The Balaban J connectivity index is 1.61. The molecule has 1 aromatic heterocycles. The molecule has 13 heteroatoms. The number of aliphatic hydroxyl groups excluding tert-OH is 1. The molecule has 3 aromatic rings. The standard InChI is InChI=1S/C35H43FN4O8/c1-19-24(9-8-21-12-20(17-41)16-40(30(19)21)33(44)48-35(5,6)7)25-13-22-14-27(38-31(42)46-23-10-11-45-18-23)37-15-26(22)29(28(25)36)39-32(43)47-34(2,3)4/h8-9,13-15,20,23,41H,10-12,16-18H2,1-7H3,(H,39,43)(H,37,38,42). The highest BCUT2D eigenvalue weighted by Gasteiger charge is 2.34. The summed E-state index contributed by atoms with van der Waals surface area (Å²) in [4.78, 5) is 44.7. The number of aliphatic hydroxyl groups is 1. The highest BCUT2D eigenvalue weighted by Crippen LogP contribution is 2.42. The van der Waals surface area contributed by atoms with Crippen molar-refractivity contribution in [1.29, 1.82) is 0 Å². The van der Waals surface area contributed by atoms with E-state index in [1.165, 1.54) is 11.1 Å². The number of hydrogen-bond acceptors (Lipinski definition) is 9. The maximum atomic E-state index is 16.7. The summed E-state index contributed by atoms with van der Waals surface area (Å²) < 4.78 is 38.5. The SMILES string of the molecule is Cc1c(-c2cc3cc(NC(=O)OC4CCOC4)ncc3c(NC(=O)OC(C)(C)C)c2F)ccc2c1N(C(=O)OC(C)(C)C)CC(CO)C2. The van der Waals surface area contributed by atoms with Crippen molar-refractivity contribution in [2.24, 2.45) is 5.92 Å². The van der Waals surface area contributed by atoms with E-state index >= 15 is 4.39 Å². The quantitative estimate of drug-likeness (QED) is 0.246. The van der Waals surface area contributed by atoms with Crippen LogP contribution in [0.3, 0.4) is 0 Å². The number of pyridine rings is 1. The average Bonchev–Trinajstić information content (AvgIpc) is 3.49. The van der Waals surface area contributed by atoms with Gasteiger partial charge in [0.1, 0.15) is 23.1 Å². The molecule has 2 atom stereocenters. The van der Waals surface area contributed by atoms with Gasteiger partial charge in [-0.3, -0.25) is 15.5 Å². The molecule has 0 aliphatic carbocycles. The Kier molecular flexibility index (Phi) is 9.84. The molecule has 5 rings (SSSR count). The van der Waals surface area contributed by atoms with Gasteiger partial charge in [0, 0.05) is 42.6 Å². The maximum Gasteiger partial charge on any atom is 0.414 e. The van der Waals surface area contributed by atoms with Crippen LogP contribution in [0.2, 0.25) is 0 Å². The van der Waals surface area contributed by atoms with Gasteiger partial charge in [-0.25, -0.2) is 23.8 Å². The van der Waals surface area contributed by atoms with Crippen LogP contribution in [0.1, 0.15) is 59.1 Å². The van der Waals surface area contributed by atoms with Crippen LogP contribution in [-0.2, 0) is 25.4 Å². The van der Waals surface area contributed by atoms with E-state index in [9.17, 15) is 19.5 Å². The van der Waals surface area contributed by atoms with Crippen LogP contribution in [-0.4, -0.2) is 72.0 Å². The molecule has 1 saturated heterocycles. The highest BCUT2D eigenvalue weighted by atomic mass is 19.1. The first kappa shape index (κ1) is 34.8. The van der Waals surface area contributed by atoms with E-state index in [2.05, 4.69) is 15.6 Å². The molecular formula is C35H43FN4O8. The number of carbonyl (C=O) groups excluding carboxylic acids is 3. The first-order chi connectivity index (χ1) is 22.5. The second-order valence-electron chi connectivity index (χ2n) is 14.1. The van der Waals surface area contributed by atoms with E-state index in [1.54, 1.807) is 66.7 Å². The monoisotopic (exact) mass is 666 g/mol. The van der Waals surface area contributed by atoms with E-state index in [1.807, 2.05) is 6.07 Å². The summed E-state index contributed by atoms with van der Waals surface area (Å²) in [5.74, 6) is -0.795. The molecule has 0 radical (unpaired) electrons. The van der Waals surface area contributed by atoms with E-state index < -0.39 is 35.3 Å². The zero-order valence-corrected chi connectivity index (χ0v) is 28.4. The molecule has 0 saturated carbocycles. The van der Waals surface area contributed by atoms with Gasteiger partial charge in [0.05, 0.1) is 24.6 Å². The van der Waals surface area contributed by atoms with E-state index in [4.69, 9.17) is 18.9 Å². The summed E-state index contributed by atoms with van der Waals surface area (Å²) in [6.45, 7) is 13.1. The minimum absolute atomic E-state index is 0.120. The number of fused-ring (bicyclic) bond motifs is 2. The third-order valence-electron chi connectivity index (χ3n) is 7.87. The number of halogens is 1.